The van der Waals surface area contributed by atoms with Crippen LogP contribution in [0.25, 0.3) is 6.08 Å². The first kappa shape index (κ1) is 26.8. The minimum absolute atomic E-state index is 0.174. The van der Waals surface area contributed by atoms with Gasteiger partial charge in [-0.3, -0.25) is 14.5 Å². The first-order chi connectivity index (χ1) is 17.8. The van der Waals surface area contributed by atoms with E-state index in [1.54, 1.807) is 6.08 Å². The van der Waals surface area contributed by atoms with E-state index in [1.807, 2.05) is 81.4 Å². The maximum absolute atomic E-state index is 13.0. The van der Waals surface area contributed by atoms with Crippen LogP contribution in [0.15, 0.2) is 70.0 Å². The maximum atomic E-state index is 13.0. The van der Waals surface area contributed by atoms with E-state index in [0.717, 1.165) is 27.4 Å². The highest BCUT2D eigenvalue weighted by Crippen LogP contribution is 2.38. The smallest absolute Gasteiger partial charge is 0.293 e. The second kappa shape index (κ2) is 12.3. The van der Waals surface area contributed by atoms with E-state index >= 15 is 0 Å². The number of imide groups is 1. The van der Waals surface area contributed by atoms with Gasteiger partial charge in [0.2, 0.25) is 0 Å². The number of thioether (sulfide) groups is 1. The van der Waals surface area contributed by atoms with E-state index in [-0.39, 0.29) is 24.3 Å². The number of rotatable bonds is 10. The predicted octanol–water partition coefficient (Wildman–Crippen LogP) is 7.16. The molecule has 2 amide bonds. The zero-order valence-electron chi connectivity index (χ0n) is 21.0. The molecule has 37 heavy (non-hydrogen) atoms. The summed E-state index contributed by atoms with van der Waals surface area (Å²) in [7, 11) is 0. The Kier molecular flexibility index (Phi) is 8.95. The molecule has 0 radical (unpaired) electrons. The van der Waals surface area contributed by atoms with Crippen LogP contribution in [0.3, 0.4) is 0 Å². The number of ether oxygens (including phenoxy) is 3. The number of carbonyl (C=O) groups is 2. The highest BCUT2D eigenvalue weighted by atomic mass is 79.9. The first-order valence-electron chi connectivity index (χ1n) is 11.9. The molecule has 8 heteroatoms. The van der Waals surface area contributed by atoms with Gasteiger partial charge >= 0.3 is 0 Å². The standard InChI is InChI=1S/C29H28BrNO5S/c1-4-34-25-15-22(24(30)17-26(25)36-18-21-9-5-19(2)6-10-21)16-27-28(32)31(29(33)37-27)13-14-35-23-11-7-20(3)8-12-23/h5-12,15-17H,4,13-14,18H2,1-3H3/b27-16-. The maximum Gasteiger partial charge on any atom is 0.293 e. The molecule has 0 saturated carbocycles. The first-order valence-corrected chi connectivity index (χ1v) is 13.5. The Bertz CT molecular complexity index is 1310. The van der Waals surface area contributed by atoms with Crippen molar-refractivity contribution < 1.29 is 23.8 Å². The van der Waals surface area contributed by atoms with E-state index in [4.69, 9.17) is 14.2 Å². The molecule has 1 aliphatic rings. The monoisotopic (exact) mass is 581 g/mol. The average molecular weight is 583 g/mol. The van der Waals surface area contributed by atoms with Crippen molar-refractivity contribution >= 4 is 44.9 Å². The van der Waals surface area contributed by atoms with Crippen molar-refractivity contribution in [3.05, 3.63) is 92.3 Å². The lowest BCUT2D eigenvalue weighted by Gasteiger charge is -2.15. The SMILES string of the molecule is CCOc1cc(/C=C2\SC(=O)N(CCOc3ccc(C)cc3)C2=O)c(Br)cc1OCc1ccc(C)cc1. The van der Waals surface area contributed by atoms with E-state index in [0.29, 0.717) is 40.9 Å². The van der Waals surface area contributed by atoms with E-state index in [1.165, 1.54) is 10.5 Å². The number of aryl methyl sites for hydroxylation is 2. The van der Waals surface area contributed by atoms with Crippen molar-refractivity contribution in [2.75, 3.05) is 19.8 Å². The van der Waals surface area contributed by atoms with E-state index < -0.39 is 0 Å². The fraction of sp³-hybridized carbons (Fsp3) is 0.241. The highest BCUT2D eigenvalue weighted by Gasteiger charge is 2.35. The number of hydrogen-bond donors (Lipinski definition) is 0. The Morgan fingerprint density at radius 2 is 1.54 bits per heavy atom. The van der Waals surface area contributed by atoms with Crippen LogP contribution >= 0.6 is 27.7 Å². The molecule has 192 valence electrons. The summed E-state index contributed by atoms with van der Waals surface area (Å²) >= 11 is 4.49. The topological polar surface area (TPSA) is 65.1 Å². The number of nitrogens with zero attached hydrogens (tertiary/aromatic N) is 1. The lowest BCUT2D eigenvalue weighted by molar-refractivity contribution is -0.123. The summed E-state index contributed by atoms with van der Waals surface area (Å²) in [4.78, 5) is 27.1. The summed E-state index contributed by atoms with van der Waals surface area (Å²) in [5.41, 5.74) is 4.09. The van der Waals surface area contributed by atoms with E-state index in [9.17, 15) is 9.59 Å². The summed E-state index contributed by atoms with van der Waals surface area (Å²) in [6.07, 6.45) is 1.70. The Balaban J connectivity index is 1.45. The Morgan fingerprint density at radius 3 is 2.22 bits per heavy atom. The van der Waals surface area contributed by atoms with Crippen LogP contribution in [0, 0.1) is 13.8 Å². The molecule has 0 N–H and O–H groups in total. The largest absolute Gasteiger partial charge is 0.492 e. The molecular weight excluding hydrogens is 554 g/mol. The van der Waals surface area contributed by atoms with Crippen LogP contribution in [0.5, 0.6) is 17.2 Å². The summed E-state index contributed by atoms with van der Waals surface area (Å²) in [5.74, 6) is 1.51. The van der Waals surface area contributed by atoms with Crippen LogP contribution < -0.4 is 14.2 Å². The molecule has 0 bridgehead atoms. The number of benzene rings is 3. The van der Waals surface area contributed by atoms with Crippen LogP contribution in [0.4, 0.5) is 4.79 Å². The second-order valence-corrected chi connectivity index (χ2v) is 10.4. The molecule has 6 nitrogen and oxygen atoms in total. The molecule has 1 saturated heterocycles. The molecular formula is C29H28BrNO5S. The van der Waals surface area contributed by atoms with Gasteiger partial charge in [-0.05, 0) is 74.0 Å². The van der Waals surface area contributed by atoms with Gasteiger partial charge in [0.15, 0.2) is 11.5 Å². The zero-order chi connectivity index (χ0) is 26.4. The number of carbonyl (C=O) groups excluding carboxylic acids is 2. The number of halogens is 1. The Labute approximate surface area is 229 Å². The molecule has 3 aromatic rings. The zero-order valence-corrected chi connectivity index (χ0v) is 23.4. The molecule has 0 unspecified atom stereocenters. The molecule has 1 aliphatic heterocycles. The van der Waals surface area contributed by atoms with Gasteiger partial charge in [0, 0.05) is 4.47 Å². The fourth-order valence-electron chi connectivity index (χ4n) is 3.61. The van der Waals surface area contributed by atoms with Crippen LogP contribution in [-0.2, 0) is 11.4 Å². The molecule has 0 aromatic heterocycles. The highest BCUT2D eigenvalue weighted by molar-refractivity contribution is 9.10. The normalized spacial score (nSPS) is 14.4. The van der Waals surface area contributed by atoms with Gasteiger partial charge in [0.1, 0.15) is 19.0 Å². The van der Waals surface area contributed by atoms with Crippen molar-refractivity contribution in [1.29, 1.82) is 0 Å². The van der Waals surface area contributed by atoms with Gasteiger partial charge in [0.25, 0.3) is 11.1 Å². The van der Waals surface area contributed by atoms with Crippen molar-refractivity contribution in [3.8, 4) is 17.2 Å². The molecule has 1 heterocycles. The predicted molar refractivity (Wildman–Crippen MR) is 150 cm³/mol. The van der Waals surface area contributed by atoms with Gasteiger partial charge in [-0.15, -0.1) is 0 Å². The summed E-state index contributed by atoms with van der Waals surface area (Å²) in [6, 6.07) is 19.4. The minimum Gasteiger partial charge on any atom is -0.492 e. The average Bonchev–Trinajstić information content (AvgIpc) is 3.14. The minimum atomic E-state index is -0.341. The van der Waals surface area contributed by atoms with Crippen molar-refractivity contribution in [2.24, 2.45) is 0 Å². The molecule has 0 spiro atoms. The van der Waals surface area contributed by atoms with Crippen LogP contribution in [0.1, 0.15) is 29.2 Å². The summed E-state index contributed by atoms with van der Waals surface area (Å²) in [5, 5.41) is -0.317. The third-order valence-electron chi connectivity index (χ3n) is 5.64. The fourth-order valence-corrected chi connectivity index (χ4v) is 4.90. The lowest BCUT2D eigenvalue weighted by Crippen LogP contribution is -2.32. The van der Waals surface area contributed by atoms with Gasteiger partial charge in [0.05, 0.1) is 18.1 Å². The lowest BCUT2D eigenvalue weighted by atomic mass is 10.1. The van der Waals surface area contributed by atoms with Gasteiger partial charge in [-0.1, -0.05) is 63.5 Å². The molecule has 3 aromatic carbocycles. The molecule has 0 aliphatic carbocycles. The number of hydrogen-bond acceptors (Lipinski definition) is 6. The van der Waals surface area contributed by atoms with Crippen LogP contribution in [-0.4, -0.2) is 35.8 Å². The summed E-state index contributed by atoms with van der Waals surface area (Å²) < 4.78 is 18.3. The second-order valence-electron chi connectivity index (χ2n) is 8.52. The summed E-state index contributed by atoms with van der Waals surface area (Å²) in [6.45, 7) is 7.19. The molecule has 4 rings (SSSR count). The third kappa shape index (κ3) is 6.96. The van der Waals surface area contributed by atoms with Crippen molar-refractivity contribution in [2.45, 2.75) is 27.4 Å². The third-order valence-corrected chi connectivity index (χ3v) is 7.24. The van der Waals surface area contributed by atoms with Crippen LogP contribution in [0.2, 0.25) is 0 Å². The van der Waals surface area contributed by atoms with E-state index in [2.05, 4.69) is 15.9 Å². The Hall–Kier alpha value is -3.23. The van der Waals surface area contributed by atoms with Crippen molar-refractivity contribution in [3.63, 3.8) is 0 Å². The molecule has 1 fully saturated rings. The van der Waals surface area contributed by atoms with Gasteiger partial charge < -0.3 is 14.2 Å². The molecule has 0 atom stereocenters. The van der Waals surface area contributed by atoms with Gasteiger partial charge in [-0.25, -0.2) is 0 Å². The number of amides is 2. The van der Waals surface area contributed by atoms with Crippen molar-refractivity contribution in [1.82, 2.24) is 4.90 Å². The Morgan fingerprint density at radius 1 is 0.892 bits per heavy atom. The van der Waals surface area contributed by atoms with Gasteiger partial charge in [-0.2, -0.15) is 0 Å². The quantitative estimate of drug-likeness (QED) is 0.237.